The molecule has 1 aromatic rings. The molecule has 0 unspecified atom stereocenters. The van der Waals surface area contributed by atoms with Crippen LogP contribution in [-0.2, 0) is 4.79 Å². The lowest BCUT2D eigenvalue weighted by atomic mass is 10.2. The summed E-state index contributed by atoms with van der Waals surface area (Å²) < 4.78 is 5.26. The molecule has 18 heavy (non-hydrogen) atoms. The summed E-state index contributed by atoms with van der Waals surface area (Å²) >= 11 is 0. The zero-order chi connectivity index (χ0) is 13.5. The highest BCUT2D eigenvalue weighted by Gasteiger charge is 2.05. The van der Waals surface area contributed by atoms with E-state index in [4.69, 9.17) is 9.84 Å². The second-order valence-corrected chi connectivity index (χ2v) is 3.45. The van der Waals surface area contributed by atoms with E-state index in [0.29, 0.717) is 12.2 Å². The van der Waals surface area contributed by atoms with Gasteiger partial charge in [-0.15, -0.1) is 0 Å². The van der Waals surface area contributed by atoms with E-state index in [-0.39, 0.29) is 17.9 Å². The summed E-state index contributed by atoms with van der Waals surface area (Å²) in [5.74, 6) is -0.512. The normalized spacial score (nSPS) is 11.1. The van der Waals surface area contributed by atoms with Gasteiger partial charge in [-0.3, -0.25) is 10.1 Å². The Morgan fingerprint density at radius 3 is 2.50 bits per heavy atom. The number of carboxylic acids is 1. The van der Waals surface area contributed by atoms with E-state index in [1.807, 2.05) is 0 Å². The van der Waals surface area contributed by atoms with Gasteiger partial charge < -0.3 is 9.84 Å². The number of carboxylic acid groups (broad SMARTS) is 1. The first-order chi connectivity index (χ1) is 8.54. The Bertz CT molecular complexity index is 464. The van der Waals surface area contributed by atoms with Crippen molar-refractivity contribution in [2.24, 2.45) is 0 Å². The van der Waals surface area contributed by atoms with Gasteiger partial charge in [0.2, 0.25) is 0 Å². The van der Waals surface area contributed by atoms with Crippen LogP contribution >= 0.6 is 0 Å². The van der Waals surface area contributed by atoms with E-state index < -0.39 is 10.9 Å². The van der Waals surface area contributed by atoms with Crippen molar-refractivity contribution in [2.45, 2.75) is 13.3 Å². The summed E-state index contributed by atoms with van der Waals surface area (Å²) in [4.78, 5) is 20.6. The molecular formula is C12H13NO5. The average molecular weight is 251 g/mol. The third-order valence-electron chi connectivity index (χ3n) is 2.28. The highest BCUT2D eigenvalue weighted by molar-refractivity contribution is 5.86. The molecule has 0 saturated heterocycles. The minimum absolute atomic E-state index is 0.0160. The molecule has 0 atom stereocenters. The summed E-state index contributed by atoms with van der Waals surface area (Å²) in [5.41, 5.74) is 0.259. The van der Waals surface area contributed by atoms with Gasteiger partial charge in [0.15, 0.2) is 0 Å². The first-order valence-corrected chi connectivity index (χ1v) is 5.34. The van der Waals surface area contributed by atoms with Gasteiger partial charge in [0, 0.05) is 17.7 Å². The van der Waals surface area contributed by atoms with Gasteiger partial charge >= 0.3 is 5.97 Å². The van der Waals surface area contributed by atoms with Crippen LogP contribution in [0.5, 0.6) is 5.75 Å². The third kappa shape index (κ3) is 3.89. The quantitative estimate of drug-likeness (QED) is 0.476. The smallest absolute Gasteiger partial charge is 0.331 e. The largest absolute Gasteiger partial charge is 0.490 e. The lowest BCUT2D eigenvalue weighted by molar-refractivity contribution is -0.384. The summed E-state index contributed by atoms with van der Waals surface area (Å²) in [6, 6.07) is 5.60. The molecular weight excluding hydrogens is 238 g/mol. The van der Waals surface area contributed by atoms with Crippen molar-refractivity contribution in [3.8, 4) is 5.75 Å². The van der Waals surface area contributed by atoms with Gasteiger partial charge in [0.05, 0.1) is 4.92 Å². The Labute approximate surface area is 104 Å². The highest BCUT2D eigenvalue weighted by atomic mass is 16.6. The number of benzene rings is 1. The molecule has 96 valence electrons. The maximum atomic E-state index is 10.7. The zero-order valence-corrected chi connectivity index (χ0v) is 9.83. The van der Waals surface area contributed by atoms with Gasteiger partial charge in [-0.2, -0.15) is 0 Å². The van der Waals surface area contributed by atoms with Crippen LogP contribution in [0.15, 0.2) is 35.9 Å². The summed E-state index contributed by atoms with van der Waals surface area (Å²) in [6.45, 7) is 1.86. The number of aliphatic carboxylic acids is 1. The fourth-order valence-corrected chi connectivity index (χ4v) is 1.29. The molecule has 6 heteroatoms. The van der Waals surface area contributed by atoms with E-state index in [2.05, 4.69) is 0 Å². The molecule has 0 aliphatic carbocycles. The number of hydrogen-bond acceptors (Lipinski definition) is 4. The number of nitrogens with zero attached hydrogens (tertiary/aromatic N) is 1. The van der Waals surface area contributed by atoms with Crippen LogP contribution in [0.3, 0.4) is 0 Å². The molecule has 1 aromatic carbocycles. The monoisotopic (exact) mass is 251 g/mol. The van der Waals surface area contributed by atoms with Crippen LogP contribution < -0.4 is 4.74 Å². The molecule has 6 nitrogen and oxygen atoms in total. The van der Waals surface area contributed by atoms with Gasteiger partial charge in [-0.05, 0) is 24.6 Å². The Morgan fingerprint density at radius 1 is 1.44 bits per heavy atom. The zero-order valence-electron chi connectivity index (χ0n) is 9.83. The highest BCUT2D eigenvalue weighted by Crippen LogP contribution is 2.17. The number of non-ortho nitro benzene ring substituents is 1. The van der Waals surface area contributed by atoms with Gasteiger partial charge in [0.1, 0.15) is 12.4 Å². The first-order valence-electron chi connectivity index (χ1n) is 5.34. The Hall–Kier alpha value is -2.37. The van der Waals surface area contributed by atoms with Crippen molar-refractivity contribution in [3.05, 3.63) is 46.0 Å². The third-order valence-corrected chi connectivity index (χ3v) is 2.28. The summed E-state index contributed by atoms with van der Waals surface area (Å²) in [6.07, 6.45) is 1.89. The first kappa shape index (κ1) is 13.7. The molecule has 0 bridgehead atoms. The summed E-state index contributed by atoms with van der Waals surface area (Å²) in [7, 11) is 0. The standard InChI is InChI=1S/C12H13NO5/c1-2-9(12(14)15)7-8-18-11-5-3-10(4-6-11)13(16)17/h3-7H,2,8H2,1H3,(H,14,15). The second kappa shape index (κ2) is 6.39. The number of nitro groups is 1. The van der Waals surface area contributed by atoms with Crippen LogP contribution in [0.4, 0.5) is 5.69 Å². The van der Waals surface area contributed by atoms with E-state index in [1.54, 1.807) is 6.92 Å². The van der Waals surface area contributed by atoms with Crippen molar-refractivity contribution in [3.63, 3.8) is 0 Å². The van der Waals surface area contributed by atoms with Gasteiger partial charge in [-0.25, -0.2) is 4.79 Å². The molecule has 0 aliphatic heterocycles. The van der Waals surface area contributed by atoms with Crippen LogP contribution in [-0.4, -0.2) is 22.6 Å². The average Bonchev–Trinajstić information content (AvgIpc) is 2.34. The Kier molecular flexibility index (Phi) is 4.86. The maximum Gasteiger partial charge on any atom is 0.331 e. The molecule has 0 saturated carbocycles. The molecule has 0 aromatic heterocycles. The molecule has 0 amide bonds. The van der Waals surface area contributed by atoms with Crippen LogP contribution in [0.2, 0.25) is 0 Å². The van der Waals surface area contributed by atoms with Crippen molar-refractivity contribution >= 4 is 11.7 Å². The van der Waals surface area contributed by atoms with Crippen LogP contribution in [0.25, 0.3) is 0 Å². The molecule has 0 radical (unpaired) electrons. The van der Waals surface area contributed by atoms with Crippen LogP contribution in [0.1, 0.15) is 13.3 Å². The fraction of sp³-hybridized carbons (Fsp3) is 0.250. The number of rotatable bonds is 6. The minimum Gasteiger partial charge on any atom is -0.490 e. The fourth-order valence-electron chi connectivity index (χ4n) is 1.29. The van der Waals surface area contributed by atoms with Crippen molar-refractivity contribution in [2.75, 3.05) is 6.61 Å². The molecule has 0 fully saturated rings. The van der Waals surface area contributed by atoms with Crippen molar-refractivity contribution < 1.29 is 19.6 Å². The van der Waals surface area contributed by atoms with E-state index >= 15 is 0 Å². The Morgan fingerprint density at radius 2 is 2.06 bits per heavy atom. The van der Waals surface area contributed by atoms with E-state index in [1.165, 1.54) is 30.3 Å². The second-order valence-electron chi connectivity index (χ2n) is 3.45. The number of hydrogen-bond donors (Lipinski definition) is 1. The lowest BCUT2D eigenvalue weighted by Crippen LogP contribution is -2.02. The number of carbonyl (C=O) groups is 1. The van der Waals surface area contributed by atoms with Crippen molar-refractivity contribution in [1.29, 1.82) is 0 Å². The maximum absolute atomic E-state index is 10.7. The number of ether oxygens (including phenoxy) is 1. The number of nitro benzene ring substituents is 1. The predicted molar refractivity (Wildman–Crippen MR) is 64.6 cm³/mol. The molecule has 0 spiro atoms. The minimum atomic E-state index is -0.968. The molecule has 0 heterocycles. The molecule has 0 aliphatic rings. The Balaban J connectivity index is 2.59. The van der Waals surface area contributed by atoms with Crippen LogP contribution in [0, 0.1) is 10.1 Å². The predicted octanol–water partition coefficient (Wildman–Crippen LogP) is 2.39. The summed E-state index contributed by atoms with van der Waals surface area (Å²) in [5, 5.41) is 19.2. The topological polar surface area (TPSA) is 89.7 Å². The van der Waals surface area contributed by atoms with Gasteiger partial charge in [-0.1, -0.05) is 6.92 Å². The van der Waals surface area contributed by atoms with E-state index in [9.17, 15) is 14.9 Å². The van der Waals surface area contributed by atoms with E-state index in [0.717, 1.165) is 0 Å². The lowest BCUT2D eigenvalue weighted by Gasteiger charge is -2.03. The van der Waals surface area contributed by atoms with Crippen molar-refractivity contribution in [1.82, 2.24) is 0 Å². The van der Waals surface area contributed by atoms with Gasteiger partial charge in [0.25, 0.3) is 5.69 Å². The SMILES string of the molecule is CCC(=CCOc1ccc([N+](=O)[O-])cc1)C(=O)O. The molecule has 1 N–H and O–H groups in total. The molecule has 1 rings (SSSR count).